The Hall–Kier alpha value is -1.34. The van der Waals surface area contributed by atoms with Crippen LogP contribution < -0.4 is 0 Å². The number of esters is 1. The molecule has 0 spiro atoms. The molecule has 1 fully saturated rings. The van der Waals surface area contributed by atoms with Gasteiger partial charge in [-0.3, -0.25) is 4.79 Å². The molecule has 0 aromatic carbocycles. The number of hydrogen-bond donors (Lipinski definition) is 0. The molecule has 1 saturated heterocycles. The normalized spacial score (nSPS) is 21.3. The minimum Gasteiger partial charge on any atom is -0.469 e. The summed E-state index contributed by atoms with van der Waals surface area (Å²) in [5.41, 5.74) is -0.894. The number of rotatable bonds is 4. The first-order valence-electron chi connectivity index (χ1n) is 7.07. The first-order chi connectivity index (χ1) is 9.68. The van der Waals surface area contributed by atoms with Gasteiger partial charge in [-0.15, -0.1) is 0 Å². The molecular weight excluding hydrogens is 271 g/mol. The largest absolute Gasteiger partial charge is 0.469 e. The third-order valence-electron chi connectivity index (χ3n) is 4.40. The summed E-state index contributed by atoms with van der Waals surface area (Å²) in [6, 6.07) is 0. The van der Waals surface area contributed by atoms with Gasteiger partial charge < -0.3 is 18.6 Å². The molecule has 1 aromatic heterocycles. The highest BCUT2D eigenvalue weighted by Crippen LogP contribution is 2.41. The van der Waals surface area contributed by atoms with E-state index < -0.39 is 18.3 Å². The summed E-state index contributed by atoms with van der Waals surface area (Å²) in [6.45, 7) is 7.95. The Bertz CT molecular complexity index is 511. The van der Waals surface area contributed by atoms with Crippen molar-refractivity contribution in [3.05, 3.63) is 18.2 Å². The van der Waals surface area contributed by atoms with E-state index in [2.05, 4.69) is 4.98 Å². The second-order valence-electron chi connectivity index (χ2n) is 6.41. The van der Waals surface area contributed by atoms with Crippen LogP contribution in [0.15, 0.2) is 12.4 Å². The van der Waals surface area contributed by atoms with Gasteiger partial charge in [0.25, 0.3) is 0 Å². The quantitative estimate of drug-likeness (QED) is 0.624. The monoisotopic (exact) mass is 294 g/mol. The molecule has 0 bridgehead atoms. The molecule has 1 aliphatic heterocycles. The standard InChI is InChI=1S/C14H23BN2O4/c1-13(2)14(3,4)21-15(20-13)10(9-11(18)19-6)12-16-7-8-17(12)5/h7-8,10H,9H2,1-6H3. The van der Waals surface area contributed by atoms with Crippen LogP contribution in [0.25, 0.3) is 0 Å². The van der Waals surface area contributed by atoms with Gasteiger partial charge in [-0.2, -0.15) is 0 Å². The van der Waals surface area contributed by atoms with Crippen molar-refractivity contribution >= 4 is 13.1 Å². The molecule has 0 amide bonds. The van der Waals surface area contributed by atoms with E-state index in [-0.39, 0.29) is 18.2 Å². The van der Waals surface area contributed by atoms with E-state index in [1.165, 1.54) is 7.11 Å². The van der Waals surface area contributed by atoms with Crippen LogP contribution in [-0.2, 0) is 25.9 Å². The van der Waals surface area contributed by atoms with Crippen molar-refractivity contribution in [3.63, 3.8) is 0 Å². The molecule has 0 N–H and O–H groups in total. The van der Waals surface area contributed by atoms with Crippen LogP contribution in [0.3, 0.4) is 0 Å². The number of nitrogens with zero attached hydrogens (tertiary/aromatic N) is 2. The molecule has 7 heteroatoms. The van der Waals surface area contributed by atoms with Gasteiger partial charge in [0.05, 0.1) is 30.5 Å². The lowest BCUT2D eigenvalue weighted by atomic mass is 9.69. The molecule has 0 aliphatic carbocycles. The fourth-order valence-corrected chi connectivity index (χ4v) is 2.36. The van der Waals surface area contributed by atoms with Crippen molar-refractivity contribution in [3.8, 4) is 0 Å². The van der Waals surface area contributed by atoms with Crippen LogP contribution in [0.4, 0.5) is 0 Å². The van der Waals surface area contributed by atoms with Gasteiger partial charge >= 0.3 is 13.1 Å². The van der Waals surface area contributed by atoms with Gasteiger partial charge in [0.15, 0.2) is 0 Å². The minimum atomic E-state index is -0.532. The number of aromatic nitrogens is 2. The zero-order chi connectivity index (χ0) is 15.8. The number of imidazole rings is 1. The maximum absolute atomic E-state index is 11.7. The highest BCUT2D eigenvalue weighted by molar-refractivity contribution is 6.47. The van der Waals surface area contributed by atoms with Gasteiger partial charge in [-0.25, -0.2) is 4.98 Å². The summed E-state index contributed by atoms with van der Waals surface area (Å²) in [4.78, 5) is 16.1. The van der Waals surface area contributed by atoms with E-state index in [9.17, 15) is 4.79 Å². The Kier molecular flexibility index (Phi) is 4.17. The SMILES string of the molecule is COC(=O)CC(B1OC(C)(C)C(C)(C)O1)c1nccn1C. The summed E-state index contributed by atoms with van der Waals surface area (Å²) >= 11 is 0. The van der Waals surface area contributed by atoms with E-state index in [0.717, 1.165) is 5.82 Å². The molecule has 0 saturated carbocycles. The Morgan fingerprint density at radius 3 is 2.38 bits per heavy atom. The molecule has 2 heterocycles. The Labute approximate surface area is 125 Å². The van der Waals surface area contributed by atoms with Crippen LogP contribution in [0, 0.1) is 0 Å². The van der Waals surface area contributed by atoms with Crippen LogP contribution >= 0.6 is 0 Å². The third kappa shape index (κ3) is 2.99. The van der Waals surface area contributed by atoms with Crippen molar-refractivity contribution in [2.45, 2.75) is 51.1 Å². The number of aryl methyl sites for hydroxylation is 1. The maximum Gasteiger partial charge on any atom is 0.469 e. The number of ether oxygens (including phenoxy) is 1. The first-order valence-corrected chi connectivity index (χ1v) is 7.07. The average molecular weight is 294 g/mol. The molecule has 1 aliphatic rings. The molecule has 0 radical (unpaired) electrons. The van der Waals surface area contributed by atoms with Crippen molar-refractivity contribution in [1.82, 2.24) is 9.55 Å². The summed E-state index contributed by atoms with van der Waals surface area (Å²) in [5, 5.41) is 0. The Balaban J connectivity index is 2.29. The van der Waals surface area contributed by atoms with E-state index in [1.54, 1.807) is 6.20 Å². The molecule has 116 valence electrons. The number of carbonyl (C=O) groups excluding carboxylic acids is 1. The summed E-state index contributed by atoms with van der Waals surface area (Å²) < 4.78 is 18.8. The zero-order valence-electron chi connectivity index (χ0n) is 13.5. The van der Waals surface area contributed by atoms with E-state index in [4.69, 9.17) is 14.0 Å². The molecular formula is C14H23BN2O4. The highest BCUT2D eigenvalue weighted by atomic mass is 16.7. The molecule has 1 aromatic rings. The molecule has 2 rings (SSSR count). The van der Waals surface area contributed by atoms with E-state index in [1.807, 2.05) is 45.5 Å². The van der Waals surface area contributed by atoms with Crippen molar-refractivity contribution in [2.24, 2.45) is 7.05 Å². The predicted octanol–water partition coefficient (Wildman–Crippen LogP) is 1.70. The fourth-order valence-electron chi connectivity index (χ4n) is 2.36. The first kappa shape index (κ1) is 16.0. The fraction of sp³-hybridized carbons (Fsp3) is 0.714. The number of methoxy groups -OCH3 is 1. The maximum atomic E-state index is 11.7. The van der Waals surface area contributed by atoms with Gasteiger partial charge in [0, 0.05) is 19.4 Å². The zero-order valence-corrected chi connectivity index (χ0v) is 13.5. The van der Waals surface area contributed by atoms with Gasteiger partial charge in [-0.1, -0.05) is 0 Å². The van der Waals surface area contributed by atoms with E-state index >= 15 is 0 Å². The van der Waals surface area contributed by atoms with Gasteiger partial charge in [0.1, 0.15) is 5.82 Å². The summed E-state index contributed by atoms with van der Waals surface area (Å²) in [6.07, 6.45) is 3.70. The van der Waals surface area contributed by atoms with Crippen LogP contribution in [0.5, 0.6) is 0 Å². The third-order valence-corrected chi connectivity index (χ3v) is 4.40. The Morgan fingerprint density at radius 1 is 1.38 bits per heavy atom. The van der Waals surface area contributed by atoms with Gasteiger partial charge in [-0.05, 0) is 27.7 Å². The molecule has 21 heavy (non-hydrogen) atoms. The molecule has 1 atom stereocenters. The topological polar surface area (TPSA) is 62.6 Å². The second-order valence-corrected chi connectivity index (χ2v) is 6.41. The van der Waals surface area contributed by atoms with Crippen LogP contribution in [0.2, 0.25) is 0 Å². The van der Waals surface area contributed by atoms with E-state index in [0.29, 0.717) is 0 Å². The lowest BCUT2D eigenvalue weighted by Gasteiger charge is -2.32. The lowest BCUT2D eigenvalue weighted by Crippen LogP contribution is -2.41. The summed E-state index contributed by atoms with van der Waals surface area (Å²) in [5.74, 6) is 0.134. The molecule has 1 unspecified atom stereocenters. The number of hydrogen-bond acceptors (Lipinski definition) is 5. The van der Waals surface area contributed by atoms with Gasteiger partial charge in [0.2, 0.25) is 0 Å². The van der Waals surface area contributed by atoms with Crippen LogP contribution in [0.1, 0.15) is 45.8 Å². The van der Waals surface area contributed by atoms with Crippen LogP contribution in [-0.4, -0.2) is 41.0 Å². The van der Waals surface area contributed by atoms with Crippen molar-refractivity contribution < 1.29 is 18.8 Å². The molecule has 6 nitrogen and oxygen atoms in total. The predicted molar refractivity (Wildman–Crippen MR) is 78.7 cm³/mol. The minimum absolute atomic E-state index is 0.165. The number of carbonyl (C=O) groups is 1. The summed E-state index contributed by atoms with van der Waals surface area (Å²) in [7, 11) is 2.73. The highest BCUT2D eigenvalue weighted by Gasteiger charge is 2.55. The second kappa shape index (κ2) is 5.46. The smallest absolute Gasteiger partial charge is 0.469 e. The average Bonchev–Trinajstić information content (AvgIpc) is 2.88. The lowest BCUT2D eigenvalue weighted by molar-refractivity contribution is -0.140. The Morgan fingerprint density at radius 2 is 1.95 bits per heavy atom. The van der Waals surface area contributed by atoms with Crippen molar-refractivity contribution in [1.29, 1.82) is 0 Å². The van der Waals surface area contributed by atoms with Crippen molar-refractivity contribution in [2.75, 3.05) is 7.11 Å².